The SMILES string of the molecule is CC(C)N(CC1CC1)C(=O)NCC[C@H](O)C(=O)O. The number of carboxylic acids is 1. The number of carbonyl (C=O) groups is 2. The van der Waals surface area contributed by atoms with Gasteiger partial charge in [0.05, 0.1) is 0 Å². The van der Waals surface area contributed by atoms with Gasteiger partial charge in [-0.05, 0) is 32.6 Å². The molecule has 3 N–H and O–H groups in total. The Balaban J connectivity index is 2.29. The van der Waals surface area contributed by atoms with Crippen molar-refractivity contribution < 1.29 is 19.8 Å². The summed E-state index contributed by atoms with van der Waals surface area (Å²) in [6.07, 6.45) is 0.958. The second kappa shape index (κ2) is 6.58. The van der Waals surface area contributed by atoms with Gasteiger partial charge in [0.1, 0.15) is 0 Å². The van der Waals surface area contributed by atoms with Gasteiger partial charge in [0.25, 0.3) is 0 Å². The molecule has 18 heavy (non-hydrogen) atoms. The molecule has 0 radical (unpaired) electrons. The number of nitrogens with one attached hydrogen (secondary N) is 1. The lowest BCUT2D eigenvalue weighted by Gasteiger charge is -2.27. The van der Waals surface area contributed by atoms with E-state index in [1.54, 1.807) is 4.90 Å². The normalized spacial score (nSPS) is 16.4. The third-order valence-electron chi connectivity index (χ3n) is 3.02. The van der Waals surface area contributed by atoms with Crippen molar-refractivity contribution in [1.29, 1.82) is 0 Å². The summed E-state index contributed by atoms with van der Waals surface area (Å²) in [4.78, 5) is 24.0. The molecule has 1 fully saturated rings. The van der Waals surface area contributed by atoms with Crippen molar-refractivity contribution in [3.63, 3.8) is 0 Å². The van der Waals surface area contributed by atoms with E-state index in [9.17, 15) is 9.59 Å². The lowest BCUT2D eigenvalue weighted by molar-refractivity contribution is -0.146. The summed E-state index contributed by atoms with van der Waals surface area (Å²) >= 11 is 0. The summed E-state index contributed by atoms with van der Waals surface area (Å²) in [7, 11) is 0. The Labute approximate surface area is 107 Å². The van der Waals surface area contributed by atoms with Crippen LogP contribution >= 0.6 is 0 Å². The summed E-state index contributed by atoms with van der Waals surface area (Å²) in [5.41, 5.74) is 0. The Kier molecular flexibility index (Phi) is 5.40. The van der Waals surface area contributed by atoms with Crippen LogP contribution < -0.4 is 5.32 Å². The largest absolute Gasteiger partial charge is 0.479 e. The molecular formula is C12H22N2O4. The molecule has 1 aliphatic rings. The first-order chi connectivity index (χ1) is 8.41. The number of hydrogen-bond acceptors (Lipinski definition) is 3. The van der Waals surface area contributed by atoms with Gasteiger partial charge in [0, 0.05) is 25.6 Å². The Hall–Kier alpha value is -1.30. The standard InChI is InChI=1S/C12H22N2O4/c1-8(2)14(7-9-3-4-9)12(18)13-6-5-10(15)11(16)17/h8-10,15H,3-7H2,1-2H3,(H,13,18)(H,16,17)/t10-/m0/s1. The zero-order valence-corrected chi connectivity index (χ0v) is 10.9. The fourth-order valence-corrected chi connectivity index (χ4v) is 1.65. The highest BCUT2D eigenvalue weighted by molar-refractivity contribution is 5.75. The smallest absolute Gasteiger partial charge is 0.332 e. The molecule has 0 saturated heterocycles. The van der Waals surface area contributed by atoms with E-state index in [1.165, 1.54) is 12.8 Å². The van der Waals surface area contributed by atoms with Crippen molar-refractivity contribution in [2.24, 2.45) is 5.92 Å². The highest BCUT2D eigenvalue weighted by atomic mass is 16.4. The van der Waals surface area contributed by atoms with Crippen LogP contribution in [0.1, 0.15) is 33.1 Å². The molecule has 0 bridgehead atoms. The molecule has 0 unspecified atom stereocenters. The minimum Gasteiger partial charge on any atom is -0.479 e. The molecule has 0 aromatic heterocycles. The first-order valence-electron chi connectivity index (χ1n) is 6.37. The maximum Gasteiger partial charge on any atom is 0.332 e. The van der Waals surface area contributed by atoms with Crippen molar-refractivity contribution in [2.45, 2.75) is 45.3 Å². The number of nitrogens with zero attached hydrogens (tertiary/aromatic N) is 1. The van der Waals surface area contributed by atoms with E-state index in [0.717, 1.165) is 6.54 Å². The van der Waals surface area contributed by atoms with Crippen LogP contribution in [0.15, 0.2) is 0 Å². The number of aliphatic hydroxyl groups is 1. The van der Waals surface area contributed by atoms with E-state index in [1.807, 2.05) is 13.8 Å². The van der Waals surface area contributed by atoms with Crippen molar-refractivity contribution in [1.82, 2.24) is 10.2 Å². The third kappa shape index (κ3) is 4.91. The zero-order chi connectivity index (χ0) is 13.7. The fraction of sp³-hybridized carbons (Fsp3) is 0.833. The first-order valence-corrected chi connectivity index (χ1v) is 6.37. The summed E-state index contributed by atoms with van der Waals surface area (Å²) in [6, 6.07) is -0.0653. The molecule has 1 atom stereocenters. The predicted molar refractivity (Wildman–Crippen MR) is 66.2 cm³/mol. The summed E-state index contributed by atoms with van der Waals surface area (Å²) < 4.78 is 0. The van der Waals surface area contributed by atoms with Gasteiger partial charge in [-0.2, -0.15) is 0 Å². The molecule has 1 rings (SSSR count). The average Bonchev–Trinajstić information content (AvgIpc) is 3.08. The van der Waals surface area contributed by atoms with Gasteiger partial charge in [-0.1, -0.05) is 0 Å². The van der Waals surface area contributed by atoms with Gasteiger partial charge in [-0.3, -0.25) is 0 Å². The van der Waals surface area contributed by atoms with Crippen molar-refractivity contribution in [3.05, 3.63) is 0 Å². The fourth-order valence-electron chi connectivity index (χ4n) is 1.65. The van der Waals surface area contributed by atoms with Crippen LogP contribution in [-0.2, 0) is 4.79 Å². The number of urea groups is 1. The molecule has 6 nitrogen and oxygen atoms in total. The van der Waals surface area contributed by atoms with Crippen molar-refractivity contribution >= 4 is 12.0 Å². The highest BCUT2D eigenvalue weighted by Gasteiger charge is 2.28. The minimum absolute atomic E-state index is 0.0242. The first kappa shape index (κ1) is 14.8. The Morgan fingerprint density at radius 2 is 2.00 bits per heavy atom. The molecule has 0 aromatic rings. The summed E-state index contributed by atoms with van der Waals surface area (Å²) in [5, 5.41) is 20.2. The molecule has 2 amide bonds. The van der Waals surface area contributed by atoms with E-state index in [4.69, 9.17) is 10.2 Å². The molecule has 0 aliphatic heterocycles. The average molecular weight is 258 g/mol. The number of rotatable bonds is 7. The van der Waals surface area contributed by atoms with Gasteiger partial charge in [-0.15, -0.1) is 0 Å². The lowest BCUT2D eigenvalue weighted by atomic mass is 10.2. The molecule has 6 heteroatoms. The van der Waals surface area contributed by atoms with Crippen LogP contribution in [0.2, 0.25) is 0 Å². The van der Waals surface area contributed by atoms with Gasteiger partial charge < -0.3 is 20.4 Å². The molecule has 104 valence electrons. The molecule has 1 aliphatic carbocycles. The summed E-state index contributed by atoms with van der Waals surface area (Å²) in [6.45, 7) is 4.83. The van der Waals surface area contributed by atoms with Gasteiger partial charge >= 0.3 is 12.0 Å². The third-order valence-corrected chi connectivity index (χ3v) is 3.02. The quantitative estimate of drug-likeness (QED) is 0.625. The second-order valence-corrected chi connectivity index (χ2v) is 5.06. The molecule has 0 heterocycles. The summed E-state index contributed by atoms with van der Waals surface area (Å²) in [5.74, 6) is -0.647. The topological polar surface area (TPSA) is 89.9 Å². The van der Waals surface area contributed by atoms with Gasteiger partial charge in [0.15, 0.2) is 6.10 Å². The number of carboxylic acid groups (broad SMARTS) is 1. The molecule has 0 aromatic carbocycles. The number of hydrogen-bond donors (Lipinski definition) is 3. The number of carbonyl (C=O) groups excluding carboxylic acids is 1. The number of aliphatic carboxylic acids is 1. The Morgan fingerprint density at radius 1 is 1.39 bits per heavy atom. The van der Waals surface area contributed by atoms with E-state index in [0.29, 0.717) is 5.92 Å². The predicted octanol–water partition coefficient (Wildman–Crippen LogP) is 0.652. The van der Waals surface area contributed by atoms with Crippen LogP contribution in [0.4, 0.5) is 4.79 Å². The van der Waals surface area contributed by atoms with Crippen LogP contribution in [0, 0.1) is 5.92 Å². The monoisotopic (exact) mass is 258 g/mol. The maximum atomic E-state index is 11.9. The van der Waals surface area contributed by atoms with E-state index < -0.39 is 12.1 Å². The van der Waals surface area contributed by atoms with Crippen LogP contribution in [-0.4, -0.2) is 52.3 Å². The van der Waals surface area contributed by atoms with E-state index >= 15 is 0 Å². The van der Waals surface area contributed by atoms with Crippen molar-refractivity contribution in [2.75, 3.05) is 13.1 Å². The van der Waals surface area contributed by atoms with Crippen LogP contribution in [0.3, 0.4) is 0 Å². The maximum absolute atomic E-state index is 11.9. The minimum atomic E-state index is -1.42. The molecular weight excluding hydrogens is 236 g/mol. The number of amides is 2. The molecule has 0 spiro atoms. The van der Waals surface area contributed by atoms with Gasteiger partial charge in [0.2, 0.25) is 0 Å². The number of aliphatic hydroxyl groups excluding tert-OH is 1. The molecule has 1 saturated carbocycles. The van der Waals surface area contributed by atoms with E-state index in [-0.39, 0.29) is 25.0 Å². The van der Waals surface area contributed by atoms with Crippen LogP contribution in [0.25, 0.3) is 0 Å². The zero-order valence-electron chi connectivity index (χ0n) is 10.9. The van der Waals surface area contributed by atoms with Crippen LogP contribution in [0.5, 0.6) is 0 Å². The van der Waals surface area contributed by atoms with Gasteiger partial charge in [-0.25, -0.2) is 9.59 Å². The second-order valence-electron chi connectivity index (χ2n) is 5.06. The van der Waals surface area contributed by atoms with Crippen molar-refractivity contribution in [3.8, 4) is 0 Å². The highest BCUT2D eigenvalue weighted by Crippen LogP contribution is 2.30. The lowest BCUT2D eigenvalue weighted by Crippen LogP contribution is -2.45. The Morgan fingerprint density at radius 3 is 2.44 bits per heavy atom. The Bertz CT molecular complexity index is 302. The van der Waals surface area contributed by atoms with E-state index in [2.05, 4.69) is 5.32 Å².